The highest BCUT2D eigenvalue weighted by Crippen LogP contribution is 2.25. The molecule has 1 aromatic carbocycles. The number of nitrogens with one attached hydrogen (secondary N) is 1. The number of nitrogens with zero attached hydrogens (tertiary/aromatic N) is 2. The lowest BCUT2D eigenvalue weighted by Crippen LogP contribution is -2.53. The van der Waals surface area contributed by atoms with Crippen molar-refractivity contribution in [3.05, 3.63) is 81.5 Å². The summed E-state index contributed by atoms with van der Waals surface area (Å²) in [5.74, 6) is -0.927. The highest BCUT2D eigenvalue weighted by atomic mass is 79.9. The molecule has 0 radical (unpaired) electrons. The molecule has 4 amide bonds. The Balaban J connectivity index is 1.70. The number of halogens is 1. The van der Waals surface area contributed by atoms with Gasteiger partial charge in [0.2, 0.25) is 0 Å². The van der Waals surface area contributed by atoms with Gasteiger partial charge in [0.15, 0.2) is 0 Å². The molecule has 2 aromatic heterocycles. The van der Waals surface area contributed by atoms with Crippen LogP contribution in [0.2, 0.25) is 0 Å². The number of furan rings is 1. The fraction of sp³-hybridized carbons (Fsp3) is 0.136. The van der Waals surface area contributed by atoms with E-state index >= 15 is 0 Å². The Bertz CT molecular complexity index is 1170. The molecular weight excluding hydrogens is 450 g/mol. The zero-order valence-corrected chi connectivity index (χ0v) is 17.9. The minimum Gasteiger partial charge on any atom is -0.467 e. The maximum absolute atomic E-state index is 12.9. The molecule has 30 heavy (non-hydrogen) atoms. The molecule has 0 aliphatic carbocycles. The van der Waals surface area contributed by atoms with Gasteiger partial charge in [-0.15, -0.1) is 0 Å². The van der Waals surface area contributed by atoms with Crippen LogP contribution in [0, 0.1) is 13.8 Å². The SMILES string of the molecule is Cc1cc(C=C2C(=O)NC(=O)N(Cc3ccco3)C2=O)c(C)n1-c1ccc(Br)cc1. The van der Waals surface area contributed by atoms with E-state index in [0.29, 0.717) is 5.76 Å². The molecule has 1 saturated heterocycles. The van der Waals surface area contributed by atoms with Crippen molar-refractivity contribution in [3.63, 3.8) is 0 Å². The van der Waals surface area contributed by atoms with Crippen LogP contribution in [0.4, 0.5) is 4.79 Å². The molecule has 0 unspecified atom stereocenters. The summed E-state index contributed by atoms with van der Waals surface area (Å²) in [6.07, 6.45) is 2.98. The molecule has 3 heterocycles. The lowest BCUT2D eigenvalue weighted by atomic mass is 10.1. The number of aryl methyl sites for hydroxylation is 1. The molecule has 4 rings (SSSR count). The summed E-state index contributed by atoms with van der Waals surface area (Å²) in [7, 11) is 0. The monoisotopic (exact) mass is 467 g/mol. The fourth-order valence-corrected chi connectivity index (χ4v) is 3.74. The first kappa shape index (κ1) is 19.9. The predicted octanol–water partition coefficient (Wildman–Crippen LogP) is 4.11. The Hall–Kier alpha value is -3.39. The Morgan fingerprint density at radius 2 is 1.83 bits per heavy atom. The highest BCUT2D eigenvalue weighted by molar-refractivity contribution is 9.10. The summed E-state index contributed by atoms with van der Waals surface area (Å²) in [6.45, 7) is 3.81. The number of carbonyl (C=O) groups excluding carboxylic acids is 3. The van der Waals surface area contributed by atoms with Crippen molar-refractivity contribution in [1.29, 1.82) is 0 Å². The van der Waals surface area contributed by atoms with E-state index in [1.54, 1.807) is 12.1 Å². The van der Waals surface area contributed by atoms with E-state index in [1.165, 1.54) is 12.3 Å². The third-order valence-corrected chi connectivity index (χ3v) is 5.46. The van der Waals surface area contributed by atoms with Gasteiger partial charge in [-0.3, -0.25) is 19.8 Å². The standard InChI is InChI=1S/C22H18BrN3O4/c1-13-10-15(14(2)26(13)17-7-5-16(23)6-8-17)11-19-20(27)24-22(29)25(21(19)28)12-18-4-3-9-30-18/h3-11H,12H2,1-2H3,(H,24,27,29). The van der Waals surface area contributed by atoms with Gasteiger partial charge < -0.3 is 8.98 Å². The van der Waals surface area contributed by atoms with Crippen LogP contribution in [0.15, 0.2) is 63.2 Å². The number of hydrogen-bond acceptors (Lipinski definition) is 4. The number of aromatic nitrogens is 1. The smallest absolute Gasteiger partial charge is 0.331 e. The van der Waals surface area contributed by atoms with Gasteiger partial charge in [0, 0.05) is 21.5 Å². The van der Waals surface area contributed by atoms with E-state index < -0.39 is 17.8 Å². The van der Waals surface area contributed by atoms with E-state index in [0.717, 1.165) is 32.0 Å². The number of benzene rings is 1. The summed E-state index contributed by atoms with van der Waals surface area (Å²) in [5.41, 5.74) is 3.41. The summed E-state index contributed by atoms with van der Waals surface area (Å²) in [6, 6.07) is 12.3. The predicted molar refractivity (Wildman–Crippen MR) is 114 cm³/mol. The van der Waals surface area contributed by atoms with Gasteiger partial charge in [-0.05, 0) is 68.0 Å². The maximum Gasteiger partial charge on any atom is 0.331 e. The Morgan fingerprint density at radius 3 is 2.50 bits per heavy atom. The van der Waals surface area contributed by atoms with Gasteiger partial charge in [-0.1, -0.05) is 15.9 Å². The summed E-state index contributed by atoms with van der Waals surface area (Å²) in [5, 5.41) is 2.23. The lowest BCUT2D eigenvalue weighted by Gasteiger charge is -2.25. The van der Waals surface area contributed by atoms with Crippen molar-refractivity contribution in [3.8, 4) is 5.69 Å². The quantitative estimate of drug-likeness (QED) is 0.462. The second-order valence-electron chi connectivity index (χ2n) is 6.93. The van der Waals surface area contributed by atoms with Crippen molar-refractivity contribution < 1.29 is 18.8 Å². The second kappa shape index (κ2) is 7.79. The number of barbiturate groups is 1. The van der Waals surface area contributed by atoms with E-state index in [9.17, 15) is 14.4 Å². The summed E-state index contributed by atoms with van der Waals surface area (Å²) >= 11 is 3.43. The van der Waals surface area contributed by atoms with Crippen LogP contribution in [0.1, 0.15) is 22.7 Å². The molecule has 1 N–H and O–H groups in total. The summed E-state index contributed by atoms with van der Waals surface area (Å²) < 4.78 is 8.24. The molecule has 0 atom stereocenters. The van der Waals surface area contributed by atoms with Gasteiger partial charge in [0.25, 0.3) is 11.8 Å². The number of imide groups is 2. The largest absolute Gasteiger partial charge is 0.467 e. The first-order chi connectivity index (χ1) is 14.3. The van der Waals surface area contributed by atoms with Crippen LogP contribution in [-0.2, 0) is 16.1 Å². The zero-order chi connectivity index (χ0) is 21.4. The first-order valence-electron chi connectivity index (χ1n) is 9.21. The number of carbonyl (C=O) groups is 3. The van der Waals surface area contributed by atoms with Gasteiger partial charge in [0.1, 0.15) is 11.3 Å². The van der Waals surface area contributed by atoms with Gasteiger partial charge in [-0.2, -0.15) is 0 Å². The average Bonchev–Trinajstić information content (AvgIpc) is 3.31. The van der Waals surface area contributed by atoms with Gasteiger partial charge in [0.05, 0.1) is 12.8 Å². The lowest BCUT2D eigenvalue weighted by molar-refractivity contribution is -0.130. The molecule has 1 aliphatic heterocycles. The van der Waals surface area contributed by atoms with Crippen LogP contribution in [-0.4, -0.2) is 27.3 Å². The van der Waals surface area contributed by atoms with E-state index in [2.05, 4.69) is 21.2 Å². The van der Waals surface area contributed by atoms with E-state index in [4.69, 9.17) is 4.42 Å². The van der Waals surface area contributed by atoms with Crippen molar-refractivity contribution in [2.45, 2.75) is 20.4 Å². The first-order valence-corrected chi connectivity index (χ1v) is 10.0. The molecule has 3 aromatic rings. The van der Waals surface area contributed by atoms with Crippen molar-refractivity contribution >= 4 is 39.9 Å². The Morgan fingerprint density at radius 1 is 1.10 bits per heavy atom. The van der Waals surface area contributed by atoms with E-state index in [-0.39, 0.29) is 12.1 Å². The van der Waals surface area contributed by atoms with Crippen LogP contribution >= 0.6 is 15.9 Å². The molecule has 7 nitrogen and oxygen atoms in total. The molecule has 8 heteroatoms. The van der Waals surface area contributed by atoms with Crippen molar-refractivity contribution in [1.82, 2.24) is 14.8 Å². The normalized spacial score (nSPS) is 15.8. The molecule has 1 fully saturated rings. The number of amides is 4. The molecule has 0 bridgehead atoms. The van der Waals surface area contributed by atoms with Crippen LogP contribution in [0.3, 0.4) is 0 Å². The van der Waals surface area contributed by atoms with Crippen LogP contribution in [0.5, 0.6) is 0 Å². The maximum atomic E-state index is 12.9. The Labute approximate surface area is 181 Å². The number of urea groups is 1. The van der Waals surface area contributed by atoms with Crippen LogP contribution < -0.4 is 5.32 Å². The van der Waals surface area contributed by atoms with Crippen LogP contribution in [0.25, 0.3) is 11.8 Å². The average molecular weight is 468 g/mol. The molecule has 0 saturated carbocycles. The topological polar surface area (TPSA) is 84.6 Å². The molecular formula is C22H18BrN3O4. The molecule has 1 aliphatic rings. The van der Waals surface area contributed by atoms with Gasteiger partial charge in [-0.25, -0.2) is 4.79 Å². The highest BCUT2D eigenvalue weighted by Gasteiger charge is 2.36. The summed E-state index contributed by atoms with van der Waals surface area (Å²) in [4.78, 5) is 38.4. The van der Waals surface area contributed by atoms with Crippen molar-refractivity contribution in [2.75, 3.05) is 0 Å². The third kappa shape index (κ3) is 3.61. The Kier molecular flexibility index (Phi) is 5.17. The number of hydrogen-bond donors (Lipinski definition) is 1. The fourth-order valence-electron chi connectivity index (χ4n) is 3.47. The van der Waals surface area contributed by atoms with Crippen molar-refractivity contribution in [2.24, 2.45) is 0 Å². The van der Waals surface area contributed by atoms with E-state index in [1.807, 2.05) is 48.7 Å². The molecule has 152 valence electrons. The second-order valence-corrected chi connectivity index (χ2v) is 7.84. The third-order valence-electron chi connectivity index (χ3n) is 4.93. The number of rotatable bonds is 4. The minimum absolute atomic E-state index is 0.0554. The zero-order valence-electron chi connectivity index (χ0n) is 16.3. The minimum atomic E-state index is -0.765. The molecule has 0 spiro atoms. The van der Waals surface area contributed by atoms with Gasteiger partial charge >= 0.3 is 6.03 Å².